The molecule has 1 N–H and O–H groups in total. The fourth-order valence-corrected chi connectivity index (χ4v) is 3.46. The van der Waals surface area contributed by atoms with Crippen LogP contribution < -0.4 is 14.8 Å². The van der Waals surface area contributed by atoms with E-state index in [0.29, 0.717) is 30.2 Å². The molecule has 8 nitrogen and oxygen atoms in total. The van der Waals surface area contributed by atoms with E-state index in [4.69, 9.17) is 14.2 Å². The maximum atomic E-state index is 12.2. The van der Waals surface area contributed by atoms with Crippen LogP contribution in [0.5, 0.6) is 11.5 Å². The van der Waals surface area contributed by atoms with Crippen molar-refractivity contribution < 1.29 is 27.4 Å². The smallest absolute Gasteiger partial charge is 0.235 e. The lowest BCUT2D eigenvalue weighted by Gasteiger charge is -2.21. The number of nitrogens with zero attached hydrogens (tertiary/aromatic N) is 1. The van der Waals surface area contributed by atoms with Gasteiger partial charge in [-0.15, -0.1) is 0 Å². The Balaban J connectivity index is 2.02. The first-order valence-electron chi connectivity index (χ1n) is 8.38. The second-order valence-electron chi connectivity index (χ2n) is 6.16. The van der Waals surface area contributed by atoms with E-state index in [0.717, 1.165) is 23.4 Å². The van der Waals surface area contributed by atoms with Crippen molar-refractivity contribution >= 4 is 15.9 Å². The molecule has 2 rings (SSSR count). The summed E-state index contributed by atoms with van der Waals surface area (Å²) >= 11 is 0. The summed E-state index contributed by atoms with van der Waals surface area (Å²) in [4.78, 5) is 12.2. The zero-order chi connectivity index (χ0) is 19.2. The fourth-order valence-electron chi connectivity index (χ4n) is 2.72. The summed E-state index contributed by atoms with van der Waals surface area (Å²) in [5, 5.41) is 2.74. The number of carbonyl (C=O) groups is 1. The van der Waals surface area contributed by atoms with Crippen LogP contribution in [0.1, 0.15) is 18.4 Å². The SMILES string of the molecule is COc1ccc(CN(CC(=O)NCC2CCCO2)S(C)(=O)=O)cc1OC. The zero-order valence-corrected chi connectivity index (χ0v) is 16.2. The third-order valence-electron chi connectivity index (χ3n) is 4.15. The van der Waals surface area contributed by atoms with E-state index in [1.54, 1.807) is 18.2 Å². The summed E-state index contributed by atoms with van der Waals surface area (Å²) < 4.78 is 41.1. The quantitative estimate of drug-likeness (QED) is 0.673. The van der Waals surface area contributed by atoms with E-state index in [9.17, 15) is 13.2 Å². The van der Waals surface area contributed by atoms with E-state index in [1.165, 1.54) is 14.2 Å². The van der Waals surface area contributed by atoms with Crippen LogP contribution in [-0.2, 0) is 26.1 Å². The monoisotopic (exact) mass is 386 g/mol. The van der Waals surface area contributed by atoms with Gasteiger partial charge in [-0.2, -0.15) is 4.31 Å². The van der Waals surface area contributed by atoms with Gasteiger partial charge in [0.1, 0.15) is 0 Å². The van der Waals surface area contributed by atoms with Gasteiger partial charge in [-0.1, -0.05) is 6.07 Å². The van der Waals surface area contributed by atoms with Crippen LogP contribution in [0.15, 0.2) is 18.2 Å². The number of methoxy groups -OCH3 is 2. The summed E-state index contributed by atoms with van der Waals surface area (Å²) in [5.41, 5.74) is 0.694. The highest BCUT2D eigenvalue weighted by atomic mass is 32.2. The average molecular weight is 386 g/mol. The molecule has 26 heavy (non-hydrogen) atoms. The lowest BCUT2D eigenvalue weighted by Crippen LogP contribution is -2.42. The highest BCUT2D eigenvalue weighted by Crippen LogP contribution is 2.28. The Hall–Kier alpha value is -1.84. The molecule has 1 aromatic carbocycles. The molecule has 0 spiro atoms. The maximum Gasteiger partial charge on any atom is 0.235 e. The minimum Gasteiger partial charge on any atom is -0.493 e. The topological polar surface area (TPSA) is 94.2 Å². The number of sulfonamides is 1. The molecular formula is C17H26N2O6S. The van der Waals surface area contributed by atoms with Crippen LogP contribution in [0, 0.1) is 0 Å². The van der Waals surface area contributed by atoms with Crippen LogP contribution >= 0.6 is 0 Å². The molecule has 0 bridgehead atoms. The summed E-state index contributed by atoms with van der Waals surface area (Å²) in [6, 6.07) is 5.14. The van der Waals surface area contributed by atoms with Crippen molar-refractivity contribution in [2.45, 2.75) is 25.5 Å². The van der Waals surface area contributed by atoms with Gasteiger partial charge in [-0.25, -0.2) is 8.42 Å². The Bertz CT molecular complexity index is 716. The molecule has 1 saturated heterocycles. The lowest BCUT2D eigenvalue weighted by molar-refractivity contribution is -0.121. The molecule has 1 aliphatic rings. The minimum atomic E-state index is -3.56. The van der Waals surface area contributed by atoms with Crippen LogP contribution in [0.3, 0.4) is 0 Å². The van der Waals surface area contributed by atoms with E-state index in [-0.39, 0.29) is 25.1 Å². The Morgan fingerprint density at radius 3 is 2.62 bits per heavy atom. The van der Waals surface area contributed by atoms with Gasteiger partial charge in [0, 0.05) is 19.7 Å². The Kier molecular flexibility index (Phi) is 7.24. The molecule has 1 atom stereocenters. The highest BCUT2D eigenvalue weighted by Gasteiger charge is 2.22. The lowest BCUT2D eigenvalue weighted by atomic mass is 10.2. The molecule has 0 aliphatic carbocycles. The van der Waals surface area contributed by atoms with Crippen molar-refractivity contribution in [2.24, 2.45) is 0 Å². The minimum absolute atomic E-state index is 0.0106. The van der Waals surface area contributed by atoms with E-state index < -0.39 is 10.0 Å². The van der Waals surface area contributed by atoms with Crippen LogP contribution in [0.4, 0.5) is 0 Å². The number of carbonyl (C=O) groups excluding carboxylic acids is 1. The number of ether oxygens (including phenoxy) is 3. The largest absolute Gasteiger partial charge is 0.493 e. The summed E-state index contributed by atoms with van der Waals surface area (Å²) in [7, 11) is -0.527. The zero-order valence-electron chi connectivity index (χ0n) is 15.4. The maximum absolute atomic E-state index is 12.2. The van der Waals surface area contributed by atoms with Gasteiger partial charge in [-0.05, 0) is 30.5 Å². The third kappa shape index (κ3) is 5.86. The predicted molar refractivity (Wildman–Crippen MR) is 96.8 cm³/mol. The number of hydrogen-bond donors (Lipinski definition) is 1. The molecule has 146 valence electrons. The molecule has 1 aromatic rings. The molecule has 1 amide bonds. The second-order valence-corrected chi connectivity index (χ2v) is 8.14. The van der Waals surface area contributed by atoms with E-state index >= 15 is 0 Å². The van der Waals surface area contributed by atoms with Crippen molar-refractivity contribution in [2.75, 3.05) is 40.2 Å². The first-order valence-corrected chi connectivity index (χ1v) is 10.2. The molecule has 1 fully saturated rings. The average Bonchev–Trinajstić information content (AvgIpc) is 3.12. The van der Waals surface area contributed by atoms with Gasteiger partial charge in [-0.3, -0.25) is 4.79 Å². The number of amides is 1. The van der Waals surface area contributed by atoms with Crippen molar-refractivity contribution in [1.29, 1.82) is 0 Å². The van der Waals surface area contributed by atoms with E-state index in [1.807, 2.05) is 0 Å². The van der Waals surface area contributed by atoms with Crippen LogP contribution in [0.2, 0.25) is 0 Å². The summed E-state index contributed by atoms with van der Waals surface area (Å²) in [6.45, 7) is 0.911. The van der Waals surface area contributed by atoms with Crippen molar-refractivity contribution in [3.05, 3.63) is 23.8 Å². The Labute approximate surface area is 154 Å². The Morgan fingerprint density at radius 1 is 1.31 bits per heavy atom. The molecule has 1 aliphatic heterocycles. The summed E-state index contributed by atoms with van der Waals surface area (Å²) in [5.74, 6) is 0.698. The first-order chi connectivity index (χ1) is 12.3. The number of nitrogens with one attached hydrogen (secondary N) is 1. The molecule has 1 unspecified atom stereocenters. The van der Waals surface area contributed by atoms with Crippen LogP contribution in [0.25, 0.3) is 0 Å². The predicted octanol–water partition coefficient (Wildman–Crippen LogP) is 0.761. The number of rotatable bonds is 9. The number of hydrogen-bond acceptors (Lipinski definition) is 6. The normalized spacial score (nSPS) is 17.3. The Morgan fingerprint density at radius 2 is 2.04 bits per heavy atom. The van der Waals surface area contributed by atoms with Gasteiger partial charge in [0.05, 0.1) is 33.1 Å². The molecule has 0 radical (unpaired) electrons. The van der Waals surface area contributed by atoms with Crippen molar-refractivity contribution in [3.63, 3.8) is 0 Å². The third-order valence-corrected chi connectivity index (χ3v) is 5.34. The highest BCUT2D eigenvalue weighted by molar-refractivity contribution is 7.88. The van der Waals surface area contributed by atoms with Gasteiger partial charge in [0.15, 0.2) is 11.5 Å². The van der Waals surface area contributed by atoms with Crippen LogP contribution in [-0.4, -0.2) is 64.9 Å². The van der Waals surface area contributed by atoms with Gasteiger partial charge in [0.2, 0.25) is 15.9 Å². The second kappa shape index (κ2) is 9.20. The number of benzene rings is 1. The standard InChI is InChI=1S/C17H26N2O6S/c1-23-15-7-6-13(9-16(15)24-2)11-19(26(3,21)22)12-17(20)18-10-14-5-4-8-25-14/h6-7,9,14H,4-5,8,10-12H2,1-3H3,(H,18,20). The van der Waals surface area contributed by atoms with Gasteiger partial charge < -0.3 is 19.5 Å². The van der Waals surface area contributed by atoms with Gasteiger partial charge in [0.25, 0.3) is 0 Å². The summed E-state index contributed by atoms with van der Waals surface area (Å²) in [6.07, 6.45) is 2.98. The molecule has 0 aromatic heterocycles. The fraction of sp³-hybridized carbons (Fsp3) is 0.588. The molecule has 1 heterocycles. The molecule has 0 saturated carbocycles. The van der Waals surface area contributed by atoms with Gasteiger partial charge >= 0.3 is 0 Å². The first kappa shape index (κ1) is 20.5. The van der Waals surface area contributed by atoms with Crippen molar-refractivity contribution in [1.82, 2.24) is 9.62 Å². The van der Waals surface area contributed by atoms with E-state index in [2.05, 4.69) is 5.32 Å². The van der Waals surface area contributed by atoms with Crippen molar-refractivity contribution in [3.8, 4) is 11.5 Å². The molecule has 9 heteroatoms. The molecular weight excluding hydrogens is 360 g/mol.